The average molecular weight is 293 g/mol. The van der Waals surface area contributed by atoms with E-state index in [4.69, 9.17) is 0 Å². The Hall–Kier alpha value is -2.21. The fraction of sp³-hybridized carbons (Fsp3) is 0.143. The predicted octanol–water partition coefficient (Wildman–Crippen LogP) is 2.86. The molecule has 1 heterocycles. The van der Waals surface area contributed by atoms with E-state index in [9.17, 15) is 14.0 Å². The molecule has 1 aromatic heterocycles. The Morgan fingerprint density at radius 1 is 1.35 bits per heavy atom. The molecule has 2 aromatic rings. The van der Waals surface area contributed by atoms with Gasteiger partial charge in [0.1, 0.15) is 10.7 Å². The van der Waals surface area contributed by atoms with Gasteiger partial charge in [-0.25, -0.2) is 9.18 Å². The molecule has 0 aliphatic heterocycles. The summed E-state index contributed by atoms with van der Waals surface area (Å²) in [5, 5.41) is 4.31. The first-order valence-corrected chi connectivity index (χ1v) is 6.68. The quantitative estimate of drug-likeness (QED) is 0.882. The van der Waals surface area contributed by atoms with Crippen LogP contribution in [0.25, 0.3) is 0 Å². The molecule has 0 atom stereocenters. The second kappa shape index (κ2) is 6.29. The molecule has 0 bridgehead atoms. The molecule has 6 heteroatoms. The van der Waals surface area contributed by atoms with E-state index in [0.717, 1.165) is 0 Å². The predicted molar refractivity (Wildman–Crippen MR) is 74.4 cm³/mol. The first-order chi connectivity index (χ1) is 9.60. The number of carbonyl (C=O) groups is 2. The van der Waals surface area contributed by atoms with Gasteiger partial charge in [-0.15, -0.1) is 11.3 Å². The minimum Gasteiger partial charge on any atom is -0.465 e. The molecular formula is C14H12FNO3S. The first kappa shape index (κ1) is 14.2. The number of hydrogen-bond acceptors (Lipinski definition) is 4. The number of methoxy groups -OCH3 is 1. The second-order valence-corrected chi connectivity index (χ2v) is 4.93. The lowest BCUT2D eigenvalue weighted by atomic mass is 10.1. The van der Waals surface area contributed by atoms with Crippen LogP contribution >= 0.6 is 11.3 Å². The molecule has 20 heavy (non-hydrogen) atoms. The summed E-state index contributed by atoms with van der Waals surface area (Å²) in [6.07, 6.45) is 0.0359. The summed E-state index contributed by atoms with van der Waals surface area (Å²) in [6, 6.07) is 7.45. The van der Waals surface area contributed by atoms with Crippen molar-refractivity contribution in [3.8, 4) is 0 Å². The summed E-state index contributed by atoms with van der Waals surface area (Å²) in [7, 11) is 1.28. The minimum absolute atomic E-state index is 0.0359. The lowest BCUT2D eigenvalue weighted by molar-refractivity contribution is -0.115. The van der Waals surface area contributed by atoms with Gasteiger partial charge in [0.15, 0.2) is 0 Å². The molecule has 0 radical (unpaired) electrons. The SMILES string of the molecule is COC(=O)c1sccc1NC(=O)Cc1cccc(F)c1. The molecular weight excluding hydrogens is 281 g/mol. The van der Waals surface area contributed by atoms with Gasteiger partial charge in [0, 0.05) is 0 Å². The lowest BCUT2D eigenvalue weighted by Gasteiger charge is -2.05. The second-order valence-electron chi connectivity index (χ2n) is 4.01. The van der Waals surface area contributed by atoms with Crippen molar-refractivity contribution >= 4 is 28.9 Å². The summed E-state index contributed by atoms with van der Waals surface area (Å²) in [6.45, 7) is 0. The van der Waals surface area contributed by atoms with Crippen LogP contribution in [0, 0.1) is 5.82 Å². The van der Waals surface area contributed by atoms with Gasteiger partial charge in [0.05, 0.1) is 19.2 Å². The number of anilines is 1. The summed E-state index contributed by atoms with van der Waals surface area (Å²) in [5.41, 5.74) is 0.973. The molecule has 1 amide bonds. The fourth-order valence-electron chi connectivity index (χ4n) is 1.69. The zero-order chi connectivity index (χ0) is 14.5. The molecule has 0 unspecified atom stereocenters. The van der Waals surface area contributed by atoms with E-state index in [1.807, 2.05) is 0 Å². The Morgan fingerprint density at radius 2 is 2.15 bits per heavy atom. The maximum atomic E-state index is 13.0. The summed E-state index contributed by atoms with van der Waals surface area (Å²) < 4.78 is 17.6. The van der Waals surface area contributed by atoms with Crippen LogP contribution in [0.5, 0.6) is 0 Å². The molecule has 0 spiro atoms. The van der Waals surface area contributed by atoms with Crippen LogP contribution in [0.3, 0.4) is 0 Å². The van der Waals surface area contributed by atoms with E-state index in [2.05, 4.69) is 10.1 Å². The number of halogens is 1. The summed E-state index contributed by atoms with van der Waals surface area (Å²) in [4.78, 5) is 23.7. The van der Waals surface area contributed by atoms with Crippen molar-refractivity contribution in [3.63, 3.8) is 0 Å². The molecule has 2 rings (SSSR count). The van der Waals surface area contributed by atoms with E-state index in [0.29, 0.717) is 16.1 Å². The van der Waals surface area contributed by atoms with Crippen LogP contribution in [0.2, 0.25) is 0 Å². The van der Waals surface area contributed by atoms with Gasteiger partial charge in [-0.1, -0.05) is 12.1 Å². The number of benzene rings is 1. The zero-order valence-corrected chi connectivity index (χ0v) is 11.5. The Balaban J connectivity index is 2.05. The van der Waals surface area contributed by atoms with Crippen LogP contribution in [0.15, 0.2) is 35.7 Å². The van der Waals surface area contributed by atoms with Crippen LogP contribution in [-0.2, 0) is 16.0 Å². The Labute approximate surface area is 119 Å². The standard InChI is InChI=1S/C14H12FNO3S/c1-19-14(18)13-11(5-6-20-13)16-12(17)8-9-3-2-4-10(15)7-9/h2-7H,8H2,1H3,(H,16,17). The van der Waals surface area contributed by atoms with Gasteiger partial charge >= 0.3 is 5.97 Å². The molecule has 0 saturated heterocycles. The molecule has 0 saturated carbocycles. The Morgan fingerprint density at radius 3 is 2.85 bits per heavy atom. The van der Waals surface area contributed by atoms with Gasteiger partial charge in [0.2, 0.25) is 5.91 Å². The molecule has 1 aromatic carbocycles. The number of thiophene rings is 1. The molecule has 4 nitrogen and oxygen atoms in total. The minimum atomic E-state index is -0.499. The molecule has 0 fully saturated rings. The van der Waals surface area contributed by atoms with Crippen LogP contribution in [-0.4, -0.2) is 19.0 Å². The maximum Gasteiger partial charge on any atom is 0.350 e. The van der Waals surface area contributed by atoms with Crippen LogP contribution < -0.4 is 5.32 Å². The highest BCUT2D eigenvalue weighted by Gasteiger charge is 2.15. The monoisotopic (exact) mass is 293 g/mol. The van der Waals surface area contributed by atoms with Gasteiger partial charge in [-0.2, -0.15) is 0 Å². The highest BCUT2D eigenvalue weighted by Crippen LogP contribution is 2.23. The highest BCUT2D eigenvalue weighted by molar-refractivity contribution is 7.12. The number of hydrogen-bond donors (Lipinski definition) is 1. The number of rotatable bonds is 4. The third kappa shape index (κ3) is 3.42. The van der Waals surface area contributed by atoms with E-state index < -0.39 is 5.97 Å². The maximum absolute atomic E-state index is 13.0. The molecule has 1 N–H and O–H groups in total. The molecule has 104 valence electrons. The number of carbonyl (C=O) groups excluding carboxylic acids is 2. The van der Waals surface area contributed by atoms with Crippen molar-refractivity contribution in [1.82, 2.24) is 0 Å². The molecule has 0 aliphatic carbocycles. The number of esters is 1. The number of ether oxygens (including phenoxy) is 1. The average Bonchev–Trinajstić information content (AvgIpc) is 2.85. The Bertz CT molecular complexity index is 639. The number of amides is 1. The lowest BCUT2D eigenvalue weighted by Crippen LogP contribution is -2.16. The van der Waals surface area contributed by atoms with E-state index in [-0.39, 0.29) is 18.1 Å². The third-order valence-electron chi connectivity index (χ3n) is 2.56. The topological polar surface area (TPSA) is 55.4 Å². The largest absolute Gasteiger partial charge is 0.465 e. The van der Waals surface area contributed by atoms with Gasteiger partial charge < -0.3 is 10.1 Å². The smallest absolute Gasteiger partial charge is 0.350 e. The highest BCUT2D eigenvalue weighted by atomic mass is 32.1. The van der Waals surface area contributed by atoms with Gasteiger partial charge in [-0.05, 0) is 29.1 Å². The van der Waals surface area contributed by atoms with Gasteiger partial charge in [0.25, 0.3) is 0 Å². The van der Waals surface area contributed by atoms with E-state index in [1.54, 1.807) is 23.6 Å². The van der Waals surface area contributed by atoms with Crippen molar-refractivity contribution in [2.45, 2.75) is 6.42 Å². The number of nitrogens with one attached hydrogen (secondary N) is 1. The summed E-state index contributed by atoms with van der Waals surface area (Å²) in [5.74, 6) is -1.21. The fourth-order valence-corrected chi connectivity index (χ4v) is 2.45. The first-order valence-electron chi connectivity index (χ1n) is 5.80. The zero-order valence-electron chi connectivity index (χ0n) is 10.7. The van der Waals surface area contributed by atoms with Crippen molar-refractivity contribution in [2.75, 3.05) is 12.4 Å². The van der Waals surface area contributed by atoms with Crippen molar-refractivity contribution < 1.29 is 18.7 Å². The third-order valence-corrected chi connectivity index (χ3v) is 3.46. The van der Waals surface area contributed by atoms with Crippen molar-refractivity contribution in [2.24, 2.45) is 0 Å². The van der Waals surface area contributed by atoms with Crippen molar-refractivity contribution in [1.29, 1.82) is 0 Å². The summed E-state index contributed by atoms with van der Waals surface area (Å²) >= 11 is 1.18. The van der Waals surface area contributed by atoms with Crippen LogP contribution in [0.1, 0.15) is 15.2 Å². The Kier molecular flexibility index (Phi) is 4.47. The van der Waals surface area contributed by atoms with Crippen LogP contribution in [0.4, 0.5) is 10.1 Å². The molecule has 0 aliphatic rings. The van der Waals surface area contributed by atoms with E-state index in [1.165, 1.54) is 30.6 Å². The van der Waals surface area contributed by atoms with Crippen molar-refractivity contribution in [3.05, 3.63) is 52.0 Å². The van der Waals surface area contributed by atoms with E-state index >= 15 is 0 Å². The van der Waals surface area contributed by atoms with Gasteiger partial charge in [-0.3, -0.25) is 4.79 Å². The normalized spacial score (nSPS) is 10.1.